The van der Waals surface area contributed by atoms with E-state index in [4.69, 9.17) is 24.3 Å². The molecule has 2 heterocycles. The molecule has 0 spiro atoms. The molecule has 8 heteroatoms. The Bertz CT molecular complexity index is 1520. The van der Waals surface area contributed by atoms with Crippen molar-refractivity contribution in [3.63, 3.8) is 0 Å². The van der Waals surface area contributed by atoms with Gasteiger partial charge in [-0.15, -0.1) is 0 Å². The molecule has 1 amide bonds. The number of aryl methyl sites for hydroxylation is 5. The zero-order chi connectivity index (χ0) is 28.3. The third kappa shape index (κ3) is 5.55. The summed E-state index contributed by atoms with van der Waals surface area (Å²) in [5.41, 5.74) is 9.34. The lowest BCUT2D eigenvalue weighted by molar-refractivity contribution is -0.121. The van der Waals surface area contributed by atoms with Crippen molar-refractivity contribution in [2.75, 3.05) is 27.9 Å². The monoisotopic (exact) mass is 530 g/mol. The Morgan fingerprint density at radius 1 is 0.872 bits per heavy atom. The van der Waals surface area contributed by atoms with Crippen LogP contribution in [0.25, 0.3) is 16.7 Å². The summed E-state index contributed by atoms with van der Waals surface area (Å²) >= 11 is 0. The van der Waals surface area contributed by atoms with Crippen molar-refractivity contribution in [2.45, 2.75) is 53.9 Å². The number of fused-ring (bicyclic) bond motifs is 1. The van der Waals surface area contributed by atoms with Crippen LogP contribution in [-0.2, 0) is 17.6 Å². The normalized spacial score (nSPS) is 11.1. The maximum atomic E-state index is 12.8. The van der Waals surface area contributed by atoms with Crippen LogP contribution in [-0.4, -0.2) is 48.5 Å². The summed E-state index contributed by atoms with van der Waals surface area (Å²) in [6.45, 7) is 10.8. The Labute approximate surface area is 230 Å². The van der Waals surface area contributed by atoms with E-state index in [2.05, 4.69) is 44.3 Å². The second-order valence-corrected chi connectivity index (χ2v) is 9.86. The number of carbonyl (C=O) groups excluding carboxylic acids is 1. The molecular weight excluding hydrogens is 492 g/mol. The average Bonchev–Trinajstić information content (AvgIpc) is 3.25. The highest BCUT2D eigenvalue weighted by molar-refractivity contribution is 5.85. The van der Waals surface area contributed by atoms with E-state index in [9.17, 15) is 4.79 Å². The van der Waals surface area contributed by atoms with Crippen molar-refractivity contribution < 1.29 is 19.0 Å². The molecule has 0 atom stereocenters. The minimum absolute atomic E-state index is 0.00381. The number of amides is 1. The van der Waals surface area contributed by atoms with Gasteiger partial charge in [-0.1, -0.05) is 12.1 Å². The number of aromatic nitrogens is 3. The van der Waals surface area contributed by atoms with Crippen LogP contribution in [0.3, 0.4) is 0 Å². The first-order valence-electron chi connectivity index (χ1n) is 13.2. The molecule has 39 heavy (non-hydrogen) atoms. The smallest absolute Gasteiger partial charge is 0.220 e. The van der Waals surface area contributed by atoms with Gasteiger partial charge in [0.05, 0.1) is 32.7 Å². The molecule has 2 aromatic carbocycles. The number of benzene rings is 2. The predicted octanol–water partition coefficient (Wildman–Crippen LogP) is 5.28. The molecular formula is C31H38N4O4. The summed E-state index contributed by atoms with van der Waals surface area (Å²) in [7, 11) is 4.77. The minimum atomic E-state index is -0.00381. The lowest BCUT2D eigenvalue weighted by Gasteiger charge is -2.16. The number of pyridine rings is 1. The van der Waals surface area contributed by atoms with Crippen LogP contribution < -0.4 is 19.5 Å². The largest absolute Gasteiger partial charge is 0.493 e. The van der Waals surface area contributed by atoms with E-state index >= 15 is 0 Å². The van der Waals surface area contributed by atoms with Crippen LogP contribution in [0.2, 0.25) is 0 Å². The van der Waals surface area contributed by atoms with Crippen LogP contribution >= 0.6 is 0 Å². The molecule has 8 nitrogen and oxygen atoms in total. The van der Waals surface area contributed by atoms with Gasteiger partial charge in [-0.25, -0.2) is 9.67 Å². The van der Waals surface area contributed by atoms with Crippen LogP contribution in [0.15, 0.2) is 30.3 Å². The fraction of sp³-hybridized carbons (Fsp3) is 0.387. The Morgan fingerprint density at radius 3 is 2.28 bits per heavy atom. The van der Waals surface area contributed by atoms with Crippen molar-refractivity contribution in [3.05, 3.63) is 69.5 Å². The first-order valence-corrected chi connectivity index (χ1v) is 13.2. The average molecular weight is 531 g/mol. The van der Waals surface area contributed by atoms with E-state index in [1.54, 1.807) is 21.3 Å². The third-order valence-corrected chi connectivity index (χ3v) is 7.41. The number of nitrogens with zero attached hydrogens (tertiary/aromatic N) is 3. The number of hydrogen-bond donors (Lipinski definition) is 1. The highest BCUT2D eigenvalue weighted by atomic mass is 16.5. The van der Waals surface area contributed by atoms with Crippen molar-refractivity contribution in [1.82, 2.24) is 20.1 Å². The van der Waals surface area contributed by atoms with Crippen LogP contribution in [0.4, 0.5) is 0 Å². The van der Waals surface area contributed by atoms with Crippen LogP contribution in [0.5, 0.6) is 17.2 Å². The summed E-state index contributed by atoms with van der Waals surface area (Å²) in [4.78, 5) is 17.7. The Hall–Kier alpha value is -4.07. The molecule has 0 aliphatic rings. The van der Waals surface area contributed by atoms with Crippen LogP contribution in [0.1, 0.15) is 45.6 Å². The SMILES string of the molecule is COc1ccc(CCNC(=O)CCc2c(C)nc3c(c(C)nn3-c3ccc(C)c(C)c3)c2C)c(OC)c1OC. The zero-order valence-electron chi connectivity index (χ0n) is 24.2. The summed E-state index contributed by atoms with van der Waals surface area (Å²) < 4.78 is 18.3. The number of carbonyl (C=O) groups is 1. The predicted molar refractivity (Wildman–Crippen MR) is 154 cm³/mol. The Kier molecular flexibility index (Phi) is 8.43. The van der Waals surface area contributed by atoms with E-state index in [-0.39, 0.29) is 5.91 Å². The number of methoxy groups -OCH3 is 3. The van der Waals surface area contributed by atoms with Gasteiger partial charge in [0.25, 0.3) is 0 Å². The maximum absolute atomic E-state index is 12.8. The van der Waals surface area contributed by atoms with Crippen molar-refractivity contribution in [2.24, 2.45) is 0 Å². The highest BCUT2D eigenvalue weighted by Gasteiger charge is 2.19. The number of nitrogens with one attached hydrogen (secondary N) is 1. The topological polar surface area (TPSA) is 87.5 Å². The van der Waals surface area contributed by atoms with E-state index in [1.807, 2.05) is 30.7 Å². The Balaban J connectivity index is 1.46. The van der Waals surface area contributed by atoms with Gasteiger partial charge in [0, 0.05) is 29.6 Å². The fourth-order valence-electron chi connectivity index (χ4n) is 5.14. The van der Waals surface area contributed by atoms with Crippen molar-refractivity contribution in [3.8, 4) is 22.9 Å². The molecule has 4 aromatic rings. The molecule has 1 N–H and O–H groups in total. The molecule has 0 saturated carbocycles. The van der Waals surface area contributed by atoms with Gasteiger partial charge in [-0.05, 0) is 87.9 Å². The lowest BCUT2D eigenvalue weighted by Crippen LogP contribution is -2.26. The van der Waals surface area contributed by atoms with Gasteiger partial charge < -0.3 is 19.5 Å². The zero-order valence-corrected chi connectivity index (χ0v) is 24.2. The summed E-state index contributed by atoms with van der Waals surface area (Å²) in [6, 6.07) is 10.1. The Morgan fingerprint density at radius 2 is 1.62 bits per heavy atom. The summed E-state index contributed by atoms with van der Waals surface area (Å²) in [5, 5.41) is 8.91. The molecule has 0 saturated heterocycles. The molecule has 0 aliphatic heterocycles. The summed E-state index contributed by atoms with van der Waals surface area (Å²) in [5.74, 6) is 1.77. The number of rotatable bonds is 10. The summed E-state index contributed by atoms with van der Waals surface area (Å²) in [6.07, 6.45) is 1.60. The molecule has 0 fully saturated rings. The molecule has 0 unspecified atom stereocenters. The van der Waals surface area contributed by atoms with Gasteiger partial charge in [-0.2, -0.15) is 5.10 Å². The standard InChI is InChI=1S/C31H38N4O4/c1-18-9-11-24(17-19(18)2)35-31-28(22(5)34-35)20(3)25(21(4)33-31)12-14-27(36)32-16-15-23-10-13-26(37-6)30(39-8)29(23)38-7/h9-11,13,17H,12,14-16H2,1-8H3,(H,32,36). The van der Waals surface area contributed by atoms with E-state index in [0.29, 0.717) is 43.1 Å². The quantitative estimate of drug-likeness (QED) is 0.300. The first kappa shape index (κ1) is 28.0. The molecule has 4 rings (SSSR count). The second-order valence-electron chi connectivity index (χ2n) is 9.86. The molecule has 0 bridgehead atoms. The van der Waals surface area contributed by atoms with E-state index in [0.717, 1.165) is 44.8 Å². The lowest BCUT2D eigenvalue weighted by atomic mass is 9.99. The molecule has 0 radical (unpaired) electrons. The van der Waals surface area contributed by atoms with Gasteiger partial charge in [0.2, 0.25) is 11.7 Å². The molecule has 0 aliphatic carbocycles. The van der Waals surface area contributed by atoms with E-state index in [1.165, 1.54) is 11.1 Å². The van der Waals surface area contributed by atoms with Gasteiger partial charge in [0.1, 0.15) is 0 Å². The van der Waals surface area contributed by atoms with Crippen molar-refractivity contribution >= 4 is 16.9 Å². The van der Waals surface area contributed by atoms with Gasteiger partial charge >= 0.3 is 0 Å². The molecule has 2 aromatic heterocycles. The van der Waals surface area contributed by atoms with E-state index < -0.39 is 0 Å². The third-order valence-electron chi connectivity index (χ3n) is 7.41. The minimum Gasteiger partial charge on any atom is -0.493 e. The number of hydrogen-bond acceptors (Lipinski definition) is 6. The highest BCUT2D eigenvalue weighted by Crippen LogP contribution is 2.39. The van der Waals surface area contributed by atoms with Crippen molar-refractivity contribution in [1.29, 1.82) is 0 Å². The molecule has 206 valence electrons. The van der Waals surface area contributed by atoms with Gasteiger partial charge in [-0.3, -0.25) is 4.79 Å². The maximum Gasteiger partial charge on any atom is 0.220 e. The van der Waals surface area contributed by atoms with Gasteiger partial charge in [0.15, 0.2) is 17.1 Å². The van der Waals surface area contributed by atoms with Crippen LogP contribution in [0, 0.1) is 34.6 Å². The number of ether oxygens (including phenoxy) is 3. The second kappa shape index (κ2) is 11.8. The first-order chi connectivity index (χ1) is 18.7. The fourth-order valence-corrected chi connectivity index (χ4v) is 5.14.